The number of aromatic nitrogens is 1. The first-order valence-corrected chi connectivity index (χ1v) is 9.73. The summed E-state index contributed by atoms with van der Waals surface area (Å²) in [5.74, 6) is 0.375. The number of pyridine rings is 1. The minimum Gasteiger partial charge on any atom is -0.496 e. The molecule has 0 radical (unpaired) electrons. The third kappa shape index (κ3) is 3.92. The number of piperidine rings is 1. The SMILES string of the molecule is COc1ccc(C(=O)N2CCCC(C(=O)Nc3cccnc3)C2)c2ccccc12. The molecule has 1 unspecified atom stereocenters. The number of methoxy groups -OCH3 is 1. The number of ether oxygens (including phenoxy) is 1. The second-order valence-corrected chi connectivity index (χ2v) is 7.18. The summed E-state index contributed by atoms with van der Waals surface area (Å²) in [6.07, 6.45) is 4.84. The summed E-state index contributed by atoms with van der Waals surface area (Å²) in [5.41, 5.74) is 1.30. The zero-order valence-corrected chi connectivity index (χ0v) is 16.3. The molecule has 0 spiro atoms. The lowest BCUT2D eigenvalue weighted by Crippen LogP contribution is -2.43. The van der Waals surface area contributed by atoms with E-state index in [-0.39, 0.29) is 17.7 Å². The van der Waals surface area contributed by atoms with Crippen molar-refractivity contribution < 1.29 is 14.3 Å². The van der Waals surface area contributed by atoms with Crippen molar-refractivity contribution in [3.8, 4) is 5.75 Å². The summed E-state index contributed by atoms with van der Waals surface area (Å²) >= 11 is 0. The van der Waals surface area contributed by atoms with Gasteiger partial charge in [-0.15, -0.1) is 0 Å². The van der Waals surface area contributed by atoms with Gasteiger partial charge in [-0.1, -0.05) is 24.3 Å². The van der Waals surface area contributed by atoms with Gasteiger partial charge in [0.2, 0.25) is 5.91 Å². The van der Waals surface area contributed by atoms with E-state index in [9.17, 15) is 9.59 Å². The van der Waals surface area contributed by atoms with Crippen molar-refractivity contribution in [2.75, 3.05) is 25.5 Å². The van der Waals surface area contributed by atoms with Crippen LogP contribution in [0.15, 0.2) is 60.9 Å². The topological polar surface area (TPSA) is 71.5 Å². The molecule has 6 heteroatoms. The predicted molar refractivity (Wildman–Crippen MR) is 112 cm³/mol. The average Bonchev–Trinajstić information content (AvgIpc) is 2.78. The van der Waals surface area contributed by atoms with E-state index in [1.165, 1.54) is 0 Å². The van der Waals surface area contributed by atoms with Crippen LogP contribution in [0.3, 0.4) is 0 Å². The smallest absolute Gasteiger partial charge is 0.254 e. The Labute approximate surface area is 169 Å². The normalized spacial score (nSPS) is 16.4. The quantitative estimate of drug-likeness (QED) is 0.738. The van der Waals surface area contributed by atoms with Crippen molar-refractivity contribution in [3.63, 3.8) is 0 Å². The fraction of sp³-hybridized carbons (Fsp3) is 0.261. The minimum absolute atomic E-state index is 0.0530. The Morgan fingerprint density at radius 2 is 1.93 bits per heavy atom. The van der Waals surface area contributed by atoms with Crippen molar-refractivity contribution in [3.05, 3.63) is 66.5 Å². The van der Waals surface area contributed by atoms with E-state index < -0.39 is 0 Å². The average molecular weight is 389 g/mol. The van der Waals surface area contributed by atoms with Crippen LogP contribution >= 0.6 is 0 Å². The maximum atomic E-state index is 13.3. The molecule has 0 bridgehead atoms. The van der Waals surface area contributed by atoms with Gasteiger partial charge in [-0.05, 0) is 42.5 Å². The molecule has 2 aromatic carbocycles. The van der Waals surface area contributed by atoms with Crippen molar-refractivity contribution in [2.24, 2.45) is 5.92 Å². The van der Waals surface area contributed by atoms with Crippen LogP contribution in [-0.2, 0) is 4.79 Å². The van der Waals surface area contributed by atoms with Crippen LogP contribution in [0.2, 0.25) is 0 Å². The Hall–Kier alpha value is -3.41. The molecule has 0 aliphatic carbocycles. The fourth-order valence-corrected chi connectivity index (χ4v) is 3.86. The summed E-state index contributed by atoms with van der Waals surface area (Å²) in [5, 5.41) is 4.67. The Bertz CT molecular complexity index is 1040. The molecule has 1 fully saturated rings. The maximum absolute atomic E-state index is 13.3. The molecular formula is C23H23N3O3. The third-order valence-corrected chi connectivity index (χ3v) is 5.34. The third-order valence-electron chi connectivity index (χ3n) is 5.34. The summed E-state index contributed by atoms with van der Waals surface area (Å²) in [6, 6.07) is 14.9. The van der Waals surface area contributed by atoms with Crippen LogP contribution in [0.5, 0.6) is 5.75 Å². The number of likely N-dealkylation sites (tertiary alicyclic amines) is 1. The van der Waals surface area contributed by atoms with Crippen molar-refractivity contribution in [2.45, 2.75) is 12.8 Å². The van der Waals surface area contributed by atoms with Crippen LogP contribution in [0.4, 0.5) is 5.69 Å². The molecule has 1 N–H and O–H groups in total. The molecule has 1 atom stereocenters. The van der Waals surface area contributed by atoms with Gasteiger partial charge in [0.05, 0.1) is 24.9 Å². The lowest BCUT2D eigenvalue weighted by molar-refractivity contribution is -0.121. The summed E-state index contributed by atoms with van der Waals surface area (Å²) in [4.78, 5) is 31.8. The number of fused-ring (bicyclic) bond motifs is 1. The molecule has 6 nitrogen and oxygen atoms in total. The van der Waals surface area contributed by atoms with Crippen LogP contribution in [0.1, 0.15) is 23.2 Å². The number of benzene rings is 2. The van der Waals surface area contributed by atoms with Crippen molar-refractivity contribution in [1.29, 1.82) is 0 Å². The van der Waals surface area contributed by atoms with Gasteiger partial charge < -0.3 is 15.0 Å². The maximum Gasteiger partial charge on any atom is 0.254 e. The van der Waals surface area contributed by atoms with Gasteiger partial charge in [-0.3, -0.25) is 14.6 Å². The highest BCUT2D eigenvalue weighted by Crippen LogP contribution is 2.30. The molecule has 1 aromatic heterocycles. The van der Waals surface area contributed by atoms with Crippen LogP contribution < -0.4 is 10.1 Å². The zero-order valence-electron chi connectivity index (χ0n) is 16.3. The van der Waals surface area contributed by atoms with E-state index in [0.717, 1.165) is 29.4 Å². The number of nitrogens with zero attached hydrogens (tertiary/aromatic N) is 2. The first-order chi connectivity index (χ1) is 14.2. The van der Waals surface area contributed by atoms with E-state index in [2.05, 4.69) is 10.3 Å². The molecule has 148 valence electrons. The summed E-state index contributed by atoms with van der Waals surface area (Å²) in [6.45, 7) is 1.06. The number of hydrogen-bond donors (Lipinski definition) is 1. The Balaban J connectivity index is 1.54. The van der Waals surface area contributed by atoms with Crippen molar-refractivity contribution >= 4 is 28.3 Å². The largest absolute Gasteiger partial charge is 0.496 e. The highest BCUT2D eigenvalue weighted by atomic mass is 16.5. The summed E-state index contributed by atoms with van der Waals surface area (Å²) < 4.78 is 5.43. The van der Waals surface area contributed by atoms with Crippen LogP contribution in [-0.4, -0.2) is 41.9 Å². The van der Waals surface area contributed by atoms with E-state index in [1.54, 1.807) is 36.5 Å². The first kappa shape index (κ1) is 18.9. The molecule has 0 saturated carbocycles. The van der Waals surface area contributed by atoms with Gasteiger partial charge in [0.15, 0.2) is 0 Å². The molecule has 1 aliphatic heterocycles. The number of carbonyl (C=O) groups excluding carboxylic acids is 2. The lowest BCUT2D eigenvalue weighted by Gasteiger charge is -2.32. The molecule has 3 aromatic rings. The standard InChI is InChI=1S/C23H23N3O3/c1-29-21-11-10-20(18-8-2-3-9-19(18)21)23(28)26-13-5-6-16(15-26)22(27)25-17-7-4-12-24-14-17/h2-4,7-12,14,16H,5-6,13,15H2,1H3,(H,25,27). The molecular weight excluding hydrogens is 366 g/mol. The molecule has 29 heavy (non-hydrogen) atoms. The van der Waals surface area contributed by atoms with E-state index in [1.807, 2.05) is 36.4 Å². The Morgan fingerprint density at radius 3 is 2.69 bits per heavy atom. The molecule has 4 rings (SSSR count). The first-order valence-electron chi connectivity index (χ1n) is 9.73. The van der Waals surface area contributed by atoms with Crippen molar-refractivity contribution in [1.82, 2.24) is 9.88 Å². The summed E-state index contributed by atoms with van der Waals surface area (Å²) in [7, 11) is 1.62. The van der Waals surface area contributed by atoms with Gasteiger partial charge >= 0.3 is 0 Å². The van der Waals surface area contributed by atoms with Gasteiger partial charge in [-0.2, -0.15) is 0 Å². The molecule has 1 saturated heterocycles. The number of nitrogens with one attached hydrogen (secondary N) is 1. The number of amides is 2. The second-order valence-electron chi connectivity index (χ2n) is 7.18. The number of anilines is 1. The van der Waals surface area contributed by atoms with Crippen LogP contribution in [0.25, 0.3) is 10.8 Å². The fourth-order valence-electron chi connectivity index (χ4n) is 3.86. The number of rotatable bonds is 4. The van der Waals surface area contributed by atoms with Gasteiger partial charge in [-0.25, -0.2) is 0 Å². The Kier molecular flexibility index (Phi) is 5.42. The van der Waals surface area contributed by atoms with Crippen LogP contribution in [0, 0.1) is 5.92 Å². The monoisotopic (exact) mass is 389 g/mol. The highest BCUT2D eigenvalue weighted by Gasteiger charge is 2.29. The molecule has 2 heterocycles. The predicted octanol–water partition coefficient (Wildman–Crippen LogP) is 3.73. The highest BCUT2D eigenvalue weighted by molar-refractivity contribution is 6.08. The molecule has 2 amide bonds. The van der Waals surface area contributed by atoms with E-state index in [0.29, 0.717) is 24.3 Å². The zero-order chi connectivity index (χ0) is 20.2. The minimum atomic E-state index is -0.239. The lowest BCUT2D eigenvalue weighted by atomic mass is 9.95. The second kappa shape index (κ2) is 8.31. The Morgan fingerprint density at radius 1 is 1.10 bits per heavy atom. The number of hydrogen-bond acceptors (Lipinski definition) is 4. The van der Waals surface area contributed by atoms with Gasteiger partial charge in [0, 0.05) is 30.2 Å². The number of carbonyl (C=O) groups is 2. The van der Waals surface area contributed by atoms with Gasteiger partial charge in [0.1, 0.15) is 5.75 Å². The van der Waals surface area contributed by atoms with Gasteiger partial charge in [0.25, 0.3) is 5.91 Å². The van der Waals surface area contributed by atoms with E-state index in [4.69, 9.17) is 4.74 Å². The molecule has 1 aliphatic rings. The van der Waals surface area contributed by atoms with E-state index >= 15 is 0 Å².